The van der Waals surface area contributed by atoms with Crippen molar-refractivity contribution in [1.29, 1.82) is 0 Å². The van der Waals surface area contributed by atoms with Crippen LogP contribution in [0.25, 0.3) is 0 Å². The Morgan fingerprint density at radius 1 is 1.36 bits per heavy atom. The number of carbonyl (C=O) groups is 1. The Bertz CT molecular complexity index is 716. The third-order valence-electron chi connectivity index (χ3n) is 4.47. The lowest BCUT2D eigenvalue weighted by atomic mass is 10.1. The van der Waals surface area contributed by atoms with Crippen LogP contribution in [0.4, 0.5) is 0 Å². The smallest absolute Gasteiger partial charge is 0.244 e. The van der Waals surface area contributed by atoms with Crippen molar-refractivity contribution in [3.8, 4) is 5.75 Å². The molecule has 0 unspecified atom stereocenters. The molecule has 1 saturated heterocycles. The van der Waals surface area contributed by atoms with Crippen LogP contribution in [0, 0.1) is 13.8 Å². The van der Waals surface area contributed by atoms with Crippen molar-refractivity contribution in [2.45, 2.75) is 45.4 Å². The Morgan fingerprint density at radius 2 is 2.16 bits per heavy atom. The SMILES string of the molecule is Cc1cc(C)n(CC(=O)N2CC[C@H](Oc3cccnc3)[C@@H](O)CC2)n1. The van der Waals surface area contributed by atoms with Gasteiger partial charge in [0, 0.05) is 31.4 Å². The van der Waals surface area contributed by atoms with E-state index in [1.54, 1.807) is 28.0 Å². The third-order valence-corrected chi connectivity index (χ3v) is 4.47. The standard InChI is InChI=1S/C18H24N4O3/c1-13-10-14(2)22(20-13)12-18(24)21-8-5-16(23)17(6-9-21)25-15-4-3-7-19-11-15/h3-4,7,10-11,16-17,23H,5-6,8-9,12H2,1-2H3/t16-,17-/m0/s1. The second kappa shape index (κ2) is 7.65. The Morgan fingerprint density at radius 3 is 2.84 bits per heavy atom. The molecule has 1 aliphatic rings. The van der Waals surface area contributed by atoms with Crippen molar-refractivity contribution in [1.82, 2.24) is 19.7 Å². The Hall–Kier alpha value is -2.41. The van der Waals surface area contributed by atoms with Crippen LogP contribution in [-0.4, -0.2) is 56.0 Å². The molecule has 0 spiro atoms. The fourth-order valence-electron chi connectivity index (χ4n) is 3.10. The molecule has 3 rings (SSSR count). The first kappa shape index (κ1) is 17.4. The number of amides is 1. The van der Waals surface area contributed by atoms with E-state index in [0.717, 1.165) is 11.4 Å². The van der Waals surface area contributed by atoms with Crippen LogP contribution in [0.3, 0.4) is 0 Å². The molecular formula is C18H24N4O3. The van der Waals surface area contributed by atoms with Gasteiger partial charge in [-0.1, -0.05) is 0 Å². The molecule has 0 bridgehead atoms. The van der Waals surface area contributed by atoms with E-state index in [2.05, 4.69) is 10.1 Å². The number of likely N-dealkylation sites (tertiary alicyclic amines) is 1. The first-order valence-corrected chi connectivity index (χ1v) is 8.56. The molecule has 2 aromatic rings. The number of carbonyl (C=O) groups excluding carboxylic acids is 1. The zero-order valence-corrected chi connectivity index (χ0v) is 14.6. The predicted octanol–water partition coefficient (Wildman–Crippen LogP) is 1.33. The van der Waals surface area contributed by atoms with Crippen LogP contribution >= 0.6 is 0 Å². The van der Waals surface area contributed by atoms with Gasteiger partial charge in [0.05, 0.1) is 18.0 Å². The van der Waals surface area contributed by atoms with Crippen molar-refractivity contribution in [2.24, 2.45) is 0 Å². The van der Waals surface area contributed by atoms with Gasteiger partial charge in [-0.25, -0.2) is 0 Å². The van der Waals surface area contributed by atoms with Gasteiger partial charge in [0.1, 0.15) is 18.4 Å². The second-order valence-electron chi connectivity index (χ2n) is 6.46. The highest BCUT2D eigenvalue weighted by atomic mass is 16.5. The van der Waals surface area contributed by atoms with Crippen LogP contribution in [-0.2, 0) is 11.3 Å². The number of aliphatic hydroxyl groups is 1. The van der Waals surface area contributed by atoms with Crippen molar-refractivity contribution in [3.05, 3.63) is 42.0 Å². The van der Waals surface area contributed by atoms with E-state index < -0.39 is 6.10 Å². The predicted molar refractivity (Wildman–Crippen MR) is 92.2 cm³/mol. The molecule has 7 nitrogen and oxygen atoms in total. The summed E-state index contributed by atoms with van der Waals surface area (Å²) in [6.45, 7) is 5.16. The maximum Gasteiger partial charge on any atom is 0.244 e. The average molecular weight is 344 g/mol. The van der Waals surface area contributed by atoms with E-state index in [-0.39, 0.29) is 18.6 Å². The second-order valence-corrected chi connectivity index (χ2v) is 6.46. The minimum atomic E-state index is -0.605. The van der Waals surface area contributed by atoms with E-state index in [0.29, 0.717) is 31.7 Å². The number of hydrogen-bond donors (Lipinski definition) is 1. The summed E-state index contributed by atoms with van der Waals surface area (Å²) >= 11 is 0. The van der Waals surface area contributed by atoms with Crippen molar-refractivity contribution < 1.29 is 14.6 Å². The molecule has 1 N–H and O–H groups in total. The molecule has 25 heavy (non-hydrogen) atoms. The summed E-state index contributed by atoms with van der Waals surface area (Å²) < 4.78 is 7.57. The number of aliphatic hydroxyl groups excluding tert-OH is 1. The lowest BCUT2D eigenvalue weighted by Gasteiger charge is -2.21. The van der Waals surface area contributed by atoms with E-state index in [4.69, 9.17) is 4.74 Å². The van der Waals surface area contributed by atoms with Crippen molar-refractivity contribution >= 4 is 5.91 Å². The fourth-order valence-corrected chi connectivity index (χ4v) is 3.10. The molecule has 1 aliphatic heterocycles. The summed E-state index contributed by atoms with van der Waals surface area (Å²) in [6.07, 6.45) is 3.44. The van der Waals surface area contributed by atoms with Crippen LogP contribution in [0.1, 0.15) is 24.2 Å². The molecule has 0 saturated carbocycles. The number of pyridine rings is 1. The van der Waals surface area contributed by atoms with Gasteiger partial charge in [-0.3, -0.25) is 14.5 Å². The minimum Gasteiger partial charge on any atom is -0.486 e. The number of ether oxygens (including phenoxy) is 1. The molecule has 1 amide bonds. The van der Waals surface area contributed by atoms with Crippen LogP contribution < -0.4 is 4.74 Å². The van der Waals surface area contributed by atoms with Gasteiger partial charge in [-0.15, -0.1) is 0 Å². The molecular weight excluding hydrogens is 320 g/mol. The Balaban J connectivity index is 1.60. The Kier molecular flexibility index (Phi) is 5.33. The number of aromatic nitrogens is 3. The van der Waals surface area contributed by atoms with Gasteiger partial charge >= 0.3 is 0 Å². The molecule has 134 valence electrons. The maximum atomic E-state index is 12.6. The first-order valence-electron chi connectivity index (χ1n) is 8.56. The third kappa shape index (κ3) is 4.36. The zero-order valence-electron chi connectivity index (χ0n) is 14.6. The molecule has 7 heteroatoms. The largest absolute Gasteiger partial charge is 0.486 e. The molecule has 2 aromatic heterocycles. The van der Waals surface area contributed by atoms with E-state index in [9.17, 15) is 9.90 Å². The van der Waals surface area contributed by atoms with Crippen LogP contribution in [0.15, 0.2) is 30.6 Å². The highest BCUT2D eigenvalue weighted by Gasteiger charge is 2.28. The van der Waals surface area contributed by atoms with Crippen molar-refractivity contribution in [3.63, 3.8) is 0 Å². The van der Waals surface area contributed by atoms with Gasteiger partial charge in [0.2, 0.25) is 5.91 Å². The van der Waals surface area contributed by atoms with Gasteiger partial charge in [0.15, 0.2) is 0 Å². The molecule has 0 radical (unpaired) electrons. The molecule has 0 aliphatic carbocycles. The summed E-state index contributed by atoms with van der Waals surface area (Å²) in [6, 6.07) is 5.57. The van der Waals surface area contributed by atoms with Gasteiger partial charge in [-0.2, -0.15) is 5.10 Å². The van der Waals surface area contributed by atoms with Gasteiger partial charge in [-0.05, 0) is 38.5 Å². The quantitative estimate of drug-likeness (QED) is 0.905. The summed E-state index contributed by atoms with van der Waals surface area (Å²) in [7, 11) is 0. The molecule has 1 fully saturated rings. The topological polar surface area (TPSA) is 80.5 Å². The number of nitrogens with zero attached hydrogens (tertiary/aromatic N) is 4. The summed E-state index contributed by atoms with van der Waals surface area (Å²) in [5, 5.41) is 14.7. The summed E-state index contributed by atoms with van der Waals surface area (Å²) in [5.74, 6) is 0.648. The van der Waals surface area contributed by atoms with E-state index >= 15 is 0 Å². The fraction of sp³-hybridized carbons (Fsp3) is 0.500. The number of aryl methyl sites for hydroxylation is 2. The summed E-state index contributed by atoms with van der Waals surface area (Å²) in [5.41, 5.74) is 1.88. The summed E-state index contributed by atoms with van der Waals surface area (Å²) in [4.78, 5) is 18.4. The lowest BCUT2D eigenvalue weighted by Crippen LogP contribution is -2.35. The molecule has 2 atom stereocenters. The number of rotatable bonds is 4. The lowest BCUT2D eigenvalue weighted by molar-refractivity contribution is -0.132. The molecule has 0 aromatic carbocycles. The first-order chi connectivity index (χ1) is 12.0. The minimum absolute atomic E-state index is 0.0143. The highest BCUT2D eigenvalue weighted by Crippen LogP contribution is 2.19. The highest BCUT2D eigenvalue weighted by molar-refractivity contribution is 5.76. The maximum absolute atomic E-state index is 12.6. The van der Waals surface area contributed by atoms with Crippen LogP contribution in [0.2, 0.25) is 0 Å². The normalized spacial score (nSPS) is 21.0. The average Bonchev–Trinajstić information content (AvgIpc) is 2.79. The Labute approximate surface area is 147 Å². The number of hydrogen-bond acceptors (Lipinski definition) is 5. The molecule has 3 heterocycles. The van der Waals surface area contributed by atoms with Crippen LogP contribution in [0.5, 0.6) is 5.75 Å². The van der Waals surface area contributed by atoms with E-state index in [1.165, 1.54) is 0 Å². The van der Waals surface area contributed by atoms with Gasteiger partial charge < -0.3 is 14.7 Å². The zero-order chi connectivity index (χ0) is 17.8. The monoisotopic (exact) mass is 344 g/mol. The van der Waals surface area contributed by atoms with Crippen molar-refractivity contribution in [2.75, 3.05) is 13.1 Å². The van der Waals surface area contributed by atoms with E-state index in [1.807, 2.05) is 26.0 Å². The van der Waals surface area contributed by atoms with Gasteiger partial charge in [0.25, 0.3) is 0 Å².